The first-order valence-corrected chi connectivity index (χ1v) is 9.85. The molecule has 1 amide bonds. The highest BCUT2D eigenvalue weighted by Crippen LogP contribution is 2.25. The van der Waals surface area contributed by atoms with E-state index in [1.807, 2.05) is 19.1 Å². The summed E-state index contributed by atoms with van der Waals surface area (Å²) < 4.78 is 10.9. The van der Waals surface area contributed by atoms with Gasteiger partial charge in [0.25, 0.3) is 5.91 Å². The Morgan fingerprint density at radius 2 is 2.07 bits per heavy atom. The molecule has 4 aromatic rings. The average Bonchev–Trinajstić information content (AvgIpc) is 3.41. The molecule has 2 heterocycles. The molecule has 0 unspecified atom stereocenters. The molecule has 0 spiro atoms. The van der Waals surface area contributed by atoms with E-state index < -0.39 is 0 Å². The first-order chi connectivity index (χ1) is 14.1. The molecule has 4 rings (SSSR count). The Labute approximate surface area is 175 Å². The van der Waals surface area contributed by atoms with Gasteiger partial charge in [0.15, 0.2) is 0 Å². The van der Waals surface area contributed by atoms with Gasteiger partial charge in [0.1, 0.15) is 23.1 Å². The van der Waals surface area contributed by atoms with Gasteiger partial charge in [-0.2, -0.15) is 0 Å². The zero-order valence-corrected chi connectivity index (χ0v) is 16.8. The molecule has 9 heteroatoms. The van der Waals surface area contributed by atoms with Crippen LogP contribution in [0.5, 0.6) is 5.75 Å². The Kier molecular flexibility index (Phi) is 5.55. The van der Waals surface area contributed by atoms with Crippen LogP contribution in [0.3, 0.4) is 0 Å². The summed E-state index contributed by atoms with van der Waals surface area (Å²) in [7, 11) is 0. The molecule has 0 aliphatic carbocycles. The van der Waals surface area contributed by atoms with Crippen LogP contribution in [0.15, 0.2) is 58.7 Å². The Hall–Kier alpha value is -3.23. The lowest BCUT2D eigenvalue weighted by molar-refractivity contribution is 0.102. The van der Waals surface area contributed by atoms with Gasteiger partial charge in [0, 0.05) is 21.7 Å². The number of benzene rings is 2. The van der Waals surface area contributed by atoms with Crippen molar-refractivity contribution in [2.45, 2.75) is 13.5 Å². The third-order valence-corrected chi connectivity index (χ3v) is 5.13. The van der Waals surface area contributed by atoms with Crippen LogP contribution in [-0.2, 0) is 6.61 Å². The van der Waals surface area contributed by atoms with E-state index in [0.29, 0.717) is 33.1 Å². The third kappa shape index (κ3) is 4.61. The molecular weight excluding hydrogens is 412 g/mol. The van der Waals surface area contributed by atoms with Gasteiger partial charge >= 0.3 is 0 Å². The largest absolute Gasteiger partial charge is 0.486 e. The number of aromatic nitrogens is 3. The zero-order chi connectivity index (χ0) is 20.2. The number of nitrogens with zero attached hydrogens (tertiary/aromatic N) is 3. The summed E-state index contributed by atoms with van der Waals surface area (Å²) in [6, 6.07) is 12.6. The Balaban J connectivity index is 1.43. The lowest BCUT2D eigenvalue weighted by Gasteiger charge is -2.08. The maximum atomic E-state index is 12.6. The number of nitrogens with one attached hydrogen (secondary N) is 1. The van der Waals surface area contributed by atoms with Crippen LogP contribution in [0.25, 0.3) is 11.5 Å². The molecule has 29 heavy (non-hydrogen) atoms. The molecule has 0 bridgehead atoms. The molecule has 0 atom stereocenters. The molecule has 0 aliphatic heterocycles. The number of anilines is 1. The van der Waals surface area contributed by atoms with Crippen molar-refractivity contribution in [3.8, 4) is 17.2 Å². The number of carbonyl (C=O) groups is 1. The number of ether oxygens (including phenoxy) is 1. The van der Waals surface area contributed by atoms with Crippen LogP contribution >= 0.6 is 22.9 Å². The molecule has 7 nitrogen and oxygen atoms in total. The third-order valence-electron chi connectivity index (χ3n) is 4.05. The number of hydrogen-bond donors (Lipinski definition) is 1. The number of thiazole rings is 1. The maximum absolute atomic E-state index is 12.6. The minimum atomic E-state index is -0.301. The smallest absolute Gasteiger partial charge is 0.275 e. The second-order valence-corrected chi connectivity index (χ2v) is 7.48. The van der Waals surface area contributed by atoms with Gasteiger partial charge in [0.05, 0.1) is 0 Å². The molecule has 0 aliphatic rings. The van der Waals surface area contributed by atoms with Crippen LogP contribution in [-0.4, -0.2) is 21.1 Å². The van der Waals surface area contributed by atoms with Crippen molar-refractivity contribution < 1.29 is 13.9 Å². The van der Waals surface area contributed by atoms with E-state index >= 15 is 0 Å². The van der Waals surface area contributed by atoms with Gasteiger partial charge < -0.3 is 14.5 Å². The Bertz CT molecular complexity index is 1130. The fourth-order valence-electron chi connectivity index (χ4n) is 2.53. The Morgan fingerprint density at radius 1 is 1.24 bits per heavy atom. The molecule has 0 saturated carbocycles. The molecule has 2 aromatic heterocycles. The van der Waals surface area contributed by atoms with Crippen molar-refractivity contribution in [2.75, 3.05) is 5.32 Å². The van der Waals surface area contributed by atoms with E-state index in [9.17, 15) is 4.79 Å². The van der Waals surface area contributed by atoms with Gasteiger partial charge in [0.2, 0.25) is 12.3 Å². The van der Waals surface area contributed by atoms with Crippen molar-refractivity contribution in [3.63, 3.8) is 0 Å². The van der Waals surface area contributed by atoms with Gasteiger partial charge in [-0.3, -0.25) is 4.79 Å². The molecule has 0 saturated heterocycles. The van der Waals surface area contributed by atoms with Crippen LogP contribution in [0.2, 0.25) is 5.02 Å². The minimum absolute atomic E-state index is 0.269. The number of halogens is 1. The van der Waals surface area contributed by atoms with Crippen LogP contribution in [0.4, 0.5) is 5.69 Å². The highest BCUT2D eigenvalue weighted by atomic mass is 35.5. The molecule has 146 valence electrons. The van der Waals surface area contributed by atoms with Crippen molar-refractivity contribution in [1.29, 1.82) is 0 Å². The van der Waals surface area contributed by atoms with E-state index in [0.717, 1.165) is 11.1 Å². The molecule has 1 N–H and O–H groups in total. The van der Waals surface area contributed by atoms with Crippen LogP contribution in [0.1, 0.15) is 21.1 Å². The number of carbonyl (C=O) groups excluding carboxylic acids is 1. The van der Waals surface area contributed by atoms with Gasteiger partial charge in [-0.1, -0.05) is 17.7 Å². The van der Waals surface area contributed by atoms with Crippen LogP contribution < -0.4 is 10.1 Å². The highest BCUT2D eigenvalue weighted by molar-refractivity contribution is 7.09. The SMILES string of the molecule is Cc1ccc(-c2nnco2)cc1NC(=O)c1csc(COc2ccc(Cl)cc2)n1. The number of amides is 1. The molecular formula is C20H15ClN4O3S. The first-order valence-electron chi connectivity index (χ1n) is 8.60. The summed E-state index contributed by atoms with van der Waals surface area (Å²) in [5, 5.41) is 13.5. The van der Waals surface area contributed by atoms with Gasteiger partial charge in [-0.05, 0) is 48.9 Å². The number of hydrogen-bond acceptors (Lipinski definition) is 7. The fraction of sp³-hybridized carbons (Fsp3) is 0.100. The van der Waals surface area contributed by atoms with E-state index in [-0.39, 0.29) is 12.5 Å². The predicted octanol–water partition coefficient (Wildman–Crippen LogP) is 4.99. The standard InChI is InChI=1S/C20H15ClN4O3S/c1-12-2-3-13(20-25-22-11-28-20)8-16(12)24-19(26)17-10-29-18(23-17)9-27-15-6-4-14(21)5-7-15/h2-8,10-11H,9H2,1H3,(H,24,26). The summed E-state index contributed by atoms with van der Waals surface area (Å²) >= 11 is 7.22. The predicted molar refractivity (Wildman–Crippen MR) is 110 cm³/mol. The van der Waals surface area contributed by atoms with Gasteiger partial charge in [-0.15, -0.1) is 21.5 Å². The van der Waals surface area contributed by atoms with Crippen molar-refractivity contribution in [3.05, 3.63) is 75.5 Å². The molecule has 0 fully saturated rings. The Morgan fingerprint density at radius 3 is 2.83 bits per heavy atom. The molecule has 2 aromatic carbocycles. The maximum Gasteiger partial charge on any atom is 0.275 e. The number of aryl methyl sites for hydroxylation is 1. The van der Waals surface area contributed by atoms with Crippen molar-refractivity contribution >= 4 is 34.5 Å². The number of rotatable bonds is 6. The monoisotopic (exact) mass is 426 g/mol. The fourth-order valence-corrected chi connectivity index (χ4v) is 3.34. The summed E-state index contributed by atoms with van der Waals surface area (Å²) in [6.45, 7) is 2.17. The van der Waals surface area contributed by atoms with E-state index in [1.54, 1.807) is 35.7 Å². The quantitative estimate of drug-likeness (QED) is 0.467. The highest BCUT2D eigenvalue weighted by Gasteiger charge is 2.14. The van der Waals surface area contributed by atoms with Crippen LogP contribution in [0, 0.1) is 6.92 Å². The van der Waals surface area contributed by atoms with E-state index in [1.165, 1.54) is 17.7 Å². The van der Waals surface area contributed by atoms with E-state index in [4.69, 9.17) is 20.8 Å². The van der Waals surface area contributed by atoms with E-state index in [2.05, 4.69) is 20.5 Å². The van der Waals surface area contributed by atoms with Crippen molar-refractivity contribution in [2.24, 2.45) is 0 Å². The summed E-state index contributed by atoms with van der Waals surface area (Å²) in [5.41, 5.74) is 2.60. The normalized spacial score (nSPS) is 10.7. The lowest BCUT2D eigenvalue weighted by atomic mass is 10.1. The topological polar surface area (TPSA) is 90.1 Å². The second kappa shape index (κ2) is 8.42. The summed E-state index contributed by atoms with van der Waals surface area (Å²) in [6.07, 6.45) is 1.26. The summed E-state index contributed by atoms with van der Waals surface area (Å²) in [4.78, 5) is 17.0. The lowest BCUT2D eigenvalue weighted by Crippen LogP contribution is -2.13. The summed E-state index contributed by atoms with van der Waals surface area (Å²) in [5.74, 6) is 0.768. The minimum Gasteiger partial charge on any atom is -0.486 e. The zero-order valence-electron chi connectivity index (χ0n) is 15.3. The van der Waals surface area contributed by atoms with Crippen molar-refractivity contribution in [1.82, 2.24) is 15.2 Å². The average molecular weight is 427 g/mol. The first kappa shape index (κ1) is 19.1. The molecule has 0 radical (unpaired) electrons. The second-order valence-electron chi connectivity index (χ2n) is 6.10. The van der Waals surface area contributed by atoms with Gasteiger partial charge in [-0.25, -0.2) is 4.98 Å².